The molecule has 0 spiro atoms. The van der Waals surface area contributed by atoms with E-state index in [2.05, 4.69) is 28.9 Å². The number of nitrogens with two attached hydrogens (primary N) is 1. The van der Waals surface area contributed by atoms with Gasteiger partial charge in [0.25, 0.3) is 0 Å². The van der Waals surface area contributed by atoms with Crippen LogP contribution in [0.5, 0.6) is 0 Å². The fourth-order valence-electron chi connectivity index (χ4n) is 1.75. The topological polar surface area (TPSA) is 26.0 Å². The highest BCUT2D eigenvalue weighted by Crippen LogP contribution is 2.33. The standard InChI is InChI=1S/C13H13BrClNS/c1-7-3-4-9(5-11(7)15)13(16)10-6-12(14)17-8(10)2/h3-6,13H,16H2,1-2H3. The Morgan fingerprint density at radius 3 is 2.53 bits per heavy atom. The van der Waals surface area contributed by atoms with Gasteiger partial charge in [0.1, 0.15) is 0 Å². The zero-order chi connectivity index (χ0) is 12.6. The van der Waals surface area contributed by atoms with Crippen LogP contribution in [-0.4, -0.2) is 0 Å². The average molecular weight is 331 g/mol. The quantitative estimate of drug-likeness (QED) is 0.838. The van der Waals surface area contributed by atoms with Crippen molar-refractivity contribution in [3.05, 3.63) is 54.6 Å². The molecule has 0 amide bonds. The van der Waals surface area contributed by atoms with Crippen LogP contribution in [0.25, 0.3) is 0 Å². The van der Waals surface area contributed by atoms with Crippen molar-refractivity contribution >= 4 is 38.9 Å². The van der Waals surface area contributed by atoms with E-state index in [0.29, 0.717) is 0 Å². The van der Waals surface area contributed by atoms with Crippen molar-refractivity contribution in [2.75, 3.05) is 0 Å². The Morgan fingerprint density at radius 2 is 2.00 bits per heavy atom. The SMILES string of the molecule is Cc1ccc(C(N)c2cc(Br)sc2C)cc1Cl. The predicted octanol–water partition coefficient (Wildman–Crippen LogP) is 4.83. The van der Waals surface area contributed by atoms with Crippen LogP contribution in [0.15, 0.2) is 28.1 Å². The lowest BCUT2D eigenvalue weighted by Gasteiger charge is -2.13. The van der Waals surface area contributed by atoms with Crippen molar-refractivity contribution in [1.82, 2.24) is 0 Å². The van der Waals surface area contributed by atoms with Gasteiger partial charge in [0.15, 0.2) is 0 Å². The first-order valence-electron chi connectivity index (χ1n) is 5.26. The van der Waals surface area contributed by atoms with Crippen LogP contribution in [0.3, 0.4) is 0 Å². The number of rotatable bonds is 2. The van der Waals surface area contributed by atoms with Crippen LogP contribution in [0, 0.1) is 13.8 Å². The molecule has 0 bridgehead atoms. The molecule has 1 heterocycles. The van der Waals surface area contributed by atoms with Crippen molar-refractivity contribution in [1.29, 1.82) is 0 Å². The molecule has 2 rings (SSSR count). The Bertz CT molecular complexity index is 550. The van der Waals surface area contributed by atoms with Crippen molar-refractivity contribution in [2.45, 2.75) is 19.9 Å². The summed E-state index contributed by atoms with van der Waals surface area (Å²) in [6, 6.07) is 7.96. The Morgan fingerprint density at radius 1 is 1.29 bits per heavy atom. The van der Waals surface area contributed by atoms with E-state index in [-0.39, 0.29) is 6.04 Å². The first kappa shape index (κ1) is 13.1. The average Bonchev–Trinajstić information content (AvgIpc) is 2.61. The van der Waals surface area contributed by atoms with Gasteiger partial charge in [-0.2, -0.15) is 0 Å². The molecule has 0 fully saturated rings. The summed E-state index contributed by atoms with van der Waals surface area (Å²) in [5.74, 6) is 0. The molecule has 0 aliphatic heterocycles. The molecule has 90 valence electrons. The van der Waals surface area contributed by atoms with E-state index in [1.165, 1.54) is 4.88 Å². The Balaban J connectivity index is 2.40. The van der Waals surface area contributed by atoms with Crippen LogP contribution in [0.4, 0.5) is 0 Å². The van der Waals surface area contributed by atoms with E-state index in [0.717, 1.165) is 25.5 Å². The Kier molecular flexibility index (Phi) is 3.93. The Hall–Kier alpha value is -0.350. The predicted molar refractivity (Wildman–Crippen MR) is 79.0 cm³/mol. The molecular formula is C13H13BrClNS. The highest BCUT2D eigenvalue weighted by atomic mass is 79.9. The molecule has 2 N–H and O–H groups in total. The molecule has 1 unspecified atom stereocenters. The lowest BCUT2D eigenvalue weighted by Crippen LogP contribution is -2.12. The van der Waals surface area contributed by atoms with Crippen molar-refractivity contribution in [3.8, 4) is 0 Å². The van der Waals surface area contributed by atoms with Crippen molar-refractivity contribution < 1.29 is 0 Å². The number of halogens is 2. The molecule has 2 aromatic rings. The van der Waals surface area contributed by atoms with Gasteiger partial charge in [-0.05, 0) is 58.6 Å². The van der Waals surface area contributed by atoms with E-state index in [9.17, 15) is 0 Å². The summed E-state index contributed by atoms with van der Waals surface area (Å²) >= 11 is 11.3. The molecule has 17 heavy (non-hydrogen) atoms. The molecule has 0 saturated carbocycles. The van der Waals surface area contributed by atoms with Gasteiger partial charge in [-0.3, -0.25) is 0 Å². The third-order valence-corrected chi connectivity index (χ3v) is 4.79. The largest absolute Gasteiger partial charge is 0.320 e. The van der Waals surface area contributed by atoms with E-state index in [1.807, 2.05) is 25.1 Å². The minimum Gasteiger partial charge on any atom is -0.320 e. The monoisotopic (exact) mass is 329 g/mol. The van der Waals surface area contributed by atoms with Gasteiger partial charge in [-0.25, -0.2) is 0 Å². The third kappa shape index (κ3) is 2.74. The summed E-state index contributed by atoms with van der Waals surface area (Å²) in [5, 5.41) is 0.768. The van der Waals surface area contributed by atoms with Crippen LogP contribution in [0.1, 0.15) is 27.6 Å². The highest BCUT2D eigenvalue weighted by molar-refractivity contribution is 9.11. The summed E-state index contributed by atoms with van der Waals surface area (Å²) in [4.78, 5) is 1.24. The van der Waals surface area contributed by atoms with Crippen LogP contribution < -0.4 is 5.73 Å². The number of hydrogen-bond donors (Lipinski definition) is 1. The molecule has 1 atom stereocenters. The second-order valence-corrected chi connectivity index (χ2v) is 7.09. The molecule has 4 heteroatoms. The van der Waals surface area contributed by atoms with Gasteiger partial charge in [0.2, 0.25) is 0 Å². The maximum Gasteiger partial charge on any atom is 0.0704 e. The smallest absolute Gasteiger partial charge is 0.0704 e. The molecule has 0 aliphatic carbocycles. The molecule has 0 aliphatic rings. The van der Waals surface area contributed by atoms with Gasteiger partial charge < -0.3 is 5.73 Å². The number of thiophene rings is 1. The fourth-order valence-corrected chi connectivity index (χ4v) is 3.70. The van der Waals surface area contributed by atoms with Gasteiger partial charge in [0.05, 0.1) is 9.83 Å². The number of benzene rings is 1. The first-order valence-corrected chi connectivity index (χ1v) is 7.25. The van der Waals surface area contributed by atoms with E-state index in [1.54, 1.807) is 11.3 Å². The normalized spacial score (nSPS) is 12.8. The number of aryl methyl sites for hydroxylation is 2. The minimum absolute atomic E-state index is 0.115. The summed E-state index contributed by atoms with van der Waals surface area (Å²) in [7, 11) is 0. The third-order valence-electron chi connectivity index (χ3n) is 2.82. The maximum atomic E-state index is 6.28. The van der Waals surface area contributed by atoms with Crippen molar-refractivity contribution in [3.63, 3.8) is 0 Å². The van der Waals surface area contributed by atoms with Crippen LogP contribution >= 0.6 is 38.9 Å². The highest BCUT2D eigenvalue weighted by Gasteiger charge is 2.14. The van der Waals surface area contributed by atoms with Gasteiger partial charge in [-0.15, -0.1) is 11.3 Å². The van der Waals surface area contributed by atoms with Gasteiger partial charge >= 0.3 is 0 Å². The summed E-state index contributed by atoms with van der Waals surface area (Å²) < 4.78 is 1.11. The molecule has 1 aromatic carbocycles. The fraction of sp³-hybridized carbons (Fsp3) is 0.231. The lowest BCUT2D eigenvalue weighted by molar-refractivity contribution is 0.868. The summed E-state index contributed by atoms with van der Waals surface area (Å²) in [6.45, 7) is 4.07. The first-order chi connectivity index (χ1) is 7.99. The van der Waals surface area contributed by atoms with Crippen LogP contribution in [0.2, 0.25) is 5.02 Å². The zero-order valence-corrected chi connectivity index (χ0v) is 12.8. The van der Waals surface area contributed by atoms with Gasteiger partial charge in [0, 0.05) is 9.90 Å². The van der Waals surface area contributed by atoms with Crippen LogP contribution in [-0.2, 0) is 0 Å². The van der Waals surface area contributed by atoms with E-state index in [4.69, 9.17) is 17.3 Å². The van der Waals surface area contributed by atoms with E-state index >= 15 is 0 Å². The zero-order valence-electron chi connectivity index (χ0n) is 9.63. The minimum atomic E-state index is -0.115. The molecule has 1 aromatic heterocycles. The van der Waals surface area contributed by atoms with E-state index < -0.39 is 0 Å². The van der Waals surface area contributed by atoms with Crippen molar-refractivity contribution in [2.24, 2.45) is 5.73 Å². The summed E-state index contributed by atoms with van der Waals surface area (Å²) in [6.07, 6.45) is 0. The summed E-state index contributed by atoms with van der Waals surface area (Å²) in [5.41, 5.74) is 9.56. The second kappa shape index (κ2) is 5.11. The number of hydrogen-bond acceptors (Lipinski definition) is 2. The molecule has 0 radical (unpaired) electrons. The molecule has 1 nitrogen and oxygen atoms in total. The molecular weight excluding hydrogens is 318 g/mol. The lowest BCUT2D eigenvalue weighted by atomic mass is 9.99. The second-order valence-electron chi connectivity index (χ2n) is 4.05. The Labute approximate surface area is 119 Å². The molecule has 0 saturated heterocycles. The van der Waals surface area contributed by atoms with Gasteiger partial charge in [-0.1, -0.05) is 23.7 Å². The maximum absolute atomic E-state index is 6.28.